The maximum atomic E-state index is 13.4. The highest BCUT2D eigenvalue weighted by molar-refractivity contribution is 14.1. The number of rotatable bonds is 6. The minimum absolute atomic E-state index is 0.000559. The van der Waals surface area contributed by atoms with E-state index in [-0.39, 0.29) is 18.0 Å². The maximum Gasteiger partial charge on any atom is 0.266 e. The number of benzene rings is 3. The first-order valence-electron chi connectivity index (χ1n) is 9.22. The summed E-state index contributed by atoms with van der Waals surface area (Å²) in [6.07, 6.45) is 1.55. The number of nitrogens with one attached hydrogen (secondary N) is 1. The van der Waals surface area contributed by atoms with Gasteiger partial charge in [-0.3, -0.25) is 4.79 Å². The fourth-order valence-corrected chi connectivity index (χ4v) is 4.86. The van der Waals surface area contributed by atoms with Gasteiger partial charge in [-0.25, -0.2) is 4.39 Å². The molecular formula is C24H17FI2N2O2. The summed E-state index contributed by atoms with van der Waals surface area (Å²) in [5.41, 5.74) is 3.15. The van der Waals surface area contributed by atoms with Gasteiger partial charge >= 0.3 is 0 Å². The van der Waals surface area contributed by atoms with E-state index in [9.17, 15) is 14.4 Å². The molecular weight excluding hydrogens is 621 g/mol. The molecule has 0 saturated heterocycles. The van der Waals surface area contributed by atoms with Crippen LogP contribution in [0.5, 0.6) is 5.75 Å². The zero-order chi connectivity index (χ0) is 22.4. The van der Waals surface area contributed by atoms with Gasteiger partial charge in [0.2, 0.25) is 0 Å². The first-order chi connectivity index (χ1) is 14.9. The van der Waals surface area contributed by atoms with Gasteiger partial charge in [0.25, 0.3) is 5.91 Å². The molecule has 156 valence electrons. The van der Waals surface area contributed by atoms with Crippen LogP contribution >= 0.6 is 45.2 Å². The van der Waals surface area contributed by atoms with Gasteiger partial charge in [-0.1, -0.05) is 29.8 Å². The molecule has 4 nitrogen and oxygen atoms in total. The lowest BCUT2D eigenvalue weighted by molar-refractivity contribution is -0.112. The number of halogens is 3. The number of carbonyl (C=O) groups excluding carboxylic acids is 1. The van der Waals surface area contributed by atoms with Gasteiger partial charge in [0.05, 0.1) is 7.14 Å². The Balaban J connectivity index is 1.76. The molecule has 0 aliphatic rings. The van der Waals surface area contributed by atoms with Crippen molar-refractivity contribution in [2.75, 3.05) is 5.32 Å². The van der Waals surface area contributed by atoms with E-state index in [1.54, 1.807) is 30.3 Å². The van der Waals surface area contributed by atoms with E-state index in [4.69, 9.17) is 4.74 Å². The van der Waals surface area contributed by atoms with Crippen LogP contribution < -0.4 is 10.1 Å². The first kappa shape index (κ1) is 23.2. The lowest BCUT2D eigenvalue weighted by Gasteiger charge is -2.12. The molecule has 0 aliphatic carbocycles. The number of hydrogen-bond donors (Lipinski definition) is 1. The highest BCUT2D eigenvalue weighted by atomic mass is 127. The fraction of sp³-hybridized carbons (Fsp3) is 0.0833. The van der Waals surface area contributed by atoms with Gasteiger partial charge < -0.3 is 10.1 Å². The van der Waals surface area contributed by atoms with Crippen molar-refractivity contribution in [2.24, 2.45) is 0 Å². The Kier molecular flexibility index (Phi) is 8.03. The second-order valence-corrected chi connectivity index (χ2v) is 9.05. The zero-order valence-electron chi connectivity index (χ0n) is 16.5. The number of aryl methyl sites for hydroxylation is 1. The van der Waals surface area contributed by atoms with E-state index in [0.29, 0.717) is 17.0 Å². The van der Waals surface area contributed by atoms with Crippen LogP contribution in [0.3, 0.4) is 0 Å². The van der Waals surface area contributed by atoms with Crippen molar-refractivity contribution in [1.82, 2.24) is 0 Å². The SMILES string of the molecule is Cc1ccc(NC(=O)/C(C#N)=C/c2cc(I)c(OCc3cccc(F)c3)c(I)c2)cc1. The molecule has 3 aromatic carbocycles. The molecule has 0 unspecified atom stereocenters. The summed E-state index contributed by atoms with van der Waals surface area (Å²) in [6.45, 7) is 2.20. The quantitative estimate of drug-likeness (QED) is 0.192. The standard InChI is InChI=1S/C24H17FI2N2O2/c1-15-5-7-20(8-6-15)29-24(30)18(13-28)9-17-11-21(26)23(22(27)12-17)31-14-16-3-2-4-19(25)10-16/h2-12H,14H2,1H3,(H,29,30)/b18-9+. The lowest BCUT2D eigenvalue weighted by Crippen LogP contribution is -2.13. The van der Waals surface area contributed by atoms with E-state index in [1.165, 1.54) is 12.1 Å². The number of nitrogens with zero attached hydrogens (tertiary/aromatic N) is 1. The summed E-state index contributed by atoms with van der Waals surface area (Å²) in [7, 11) is 0. The minimum atomic E-state index is -0.470. The molecule has 0 spiro atoms. The molecule has 0 aromatic heterocycles. The van der Waals surface area contributed by atoms with Gasteiger partial charge in [-0.05, 0) is 106 Å². The van der Waals surface area contributed by atoms with E-state index < -0.39 is 5.91 Å². The predicted octanol–water partition coefficient (Wildman–Crippen LogP) is 6.47. The molecule has 0 fully saturated rings. The highest BCUT2D eigenvalue weighted by Crippen LogP contribution is 2.30. The second kappa shape index (κ2) is 10.7. The zero-order valence-corrected chi connectivity index (χ0v) is 20.8. The molecule has 0 atom stereocenters. The van der Waals surface area contributed by atoms with Crippen LogP contribution in [-0.2, 0) is 11.4 Å². The van der Waals surface area contributed by atoms with Gasteiger partial charge in [-0.2, -0.15) is 5.26 Å². The van der Waals surface area contributed by atoms with E-state index >= 15 is 0 Å². The molecule has 0 bridgehead atoms. The van der Waals surface area contributed by atoms with Crippen molar-refractivity contribution in [3.05, 3.63) is 95.9 Å². The van der Waals surface area contributed by atoms with Crippen LogP contribution in [-0.4, -0.2) is 5.91 Å². The Morgan fingerprint density at radius 3 is 2.42 bits per heavy atom. The number of amides is 1. The van der Waals surface area contributed by atoms with E-state index in [2.05, 4.69) is 50.5 Å². The summed E-state index contributed by atoms with van der Waals surface area (Å²) in [5, 5.41) is 12.2. The van der Waals surface area contributed by atoms with Crippen molar-refractivity contribution in [3.63, 3.8) is 0 Å². The normalized spacial score (nSPS) is 11.0. The van der Waals surface area contributed by atoms with Gasteiger partial charge in [-0.15, -0.1) is 0 Å². The second-order valence-electron chi connectivity index (χ2n) is 6.72. The summed E-state index contributed by atoms with van der Waals surface area (Å²) < 4.78 is 20.9. The van der Waals surface area contributed by atoms with Crippen molar-refractivity contribution < 1.29 is 13.9 Å². The molecule has 0 radical (unpaired) electrons. The summed E-state index contributed by atoms with van der Waals surface area (Å²) in [5.74, 6) is -0.105. The Bertz CT molecular complexity index is 1160. The molecule has 31 heavy (non-hydrogen) atoms. The highest BCUT2D eigenvalue weighted by Gasteiger charge is 2.13. The largest absolute Gasteiger partial charge is 0.487 e. The van der Waals surface area contributed by atoms with Crippen molar-refractivity contribution in [1.29, 1.82) is 5.26 Å². The van der Waals surface area contributed by atoms with Crippen LogP contribution in [0, 0.1) is 31.2 Å². The van der Waals surface area contributed by atoms with Crippen LogP contribution in [0.25, 0.3) is 6.08 Å². The predicted molar refractivity (Wildman–Crippen MR) is 136 cm³/mol. The van der Waals surface area contributed by atoms with Gasteiger partial charge in [0.15, 0.2) is 0 Å². The molecule has 3 rings (SSSR count). The third-order valence-electron chi connectivity index (χ3n) is 4.28. The Morgan fingerprint density at radius 1 is 1.13 bits per heavy atom. The fourth-order valence-electron chi connectivity index (χ4n) is 2.73. The molecule has 3 aromatic rings. The molecule has 0 aliphatic heterocycles. The molecule has 1 amide bonds. The summed E-state index contributed by atoms with van der Waals surface area (Å²) in [6, 6.07) is 19.2. The van der Waals surface area contributed by atoms with Crippen LogP contribution in [0.2, 0.25) is 0 Å². The lowest BCUT2D eigenvalue weighted by atomic mass is 10.1. The van der Waals surface area contributed by atoms with Crippen molar-refractivity contribution >= 4 is 62.9 Å². The Labute approximate surface area is 207 Å². The van der Waals surface area contributed by atoms with Gasteiger partial charge in [0, 0.05) is 5.69 Å². The summed E-state index contributed by atoms with van der Waals surface area (Å²) >= 11 is 4.28. The average Bonchev–Trinajstić information content (AvgIpc) is 2.73. The molecule has 7 heteroatoms. The van der Waals surface area contributed by atoms with Gasteiger partial charge in [0.1, 0.15) is 29.8 Å². The average molecular weight is 638 g/mol. The topological polar surface area (TPSA) is 62.1 Å². The van der Waals surface area contributed by atoms with E-state index in [1.807, 2.05) is 37.3 Å². The Morgan fingerprint density at radius 2 is 1.81 bits per heavy atom. The third-order valence-corrected chi connectivity index (χ3v) is 5.88. The van der Waals surface area contributed by atoms with Crippen LogP contribution in [0.15, 0.2) is 66.2 Å². The number of carbonyl (C=O) groups is 1. The molecule has 0 saturated carbocycles. The minimum Gasteiger partial charge on any atom is -0.487 e. The monoisotopic (exact) mass is 638 g/mol. The Hall–Kier alpha value is -2.45. The number of nitriles is 1. The molecule has 1 N–H and O–H groups in total. The smallest absolute Gasteiger partial charge is 0.266 e. The number of ether oxygens (including phenoxy) is 1. The third kappa shape index (κ3) is 6.51. The first-order valence-corrected chi connectivity index (χ1v) is 11.4. The van der Waals surface area contributed by atoms with Crippen LogP contribution in [0.4, 0.5) is 10.1 Å². The van der Waals surface area contributed by atoms with Crippen molar-refractivity contribution in [3.8, 4) is 11.8 Å². The number of hydrogen-bond acceptors (Lipinski definition) is 3. The molecule has 0 heterocycles. The van der Waals surface area contributed by atoms with Crippen LogP contribution in [0.1, 0.15) is 16.7 Å². The summed E-state index contributed by atoms with van der Waals surface area (Å²) in [4.78, 5) is 12.5. The van der Waals surface area contributed by atoms with E-state index in [0.717, 1.165) is 18.3 Å². The van der Waals surface area contributed by atoms with Crippen molar-refractivity contribution in [2.45, 2.75) is 13.5 Å². The number of anilines is 1. The maximum absolute atomic E-state index is 13.4.